The number of methoxy groups -OCH3 is 1. The van der Waals surface area contributed by atoms with Gasteiger partial charge < -0.3 is 10.1 Å². The number of nitrogens with one attached hydrogen (secondary N) is 1. The lowest BCUT2D eigenvalue weighted by Crippen LogP contribution is -2.35. The maximum atomic E-state index is 11.0. The molecule has 1 N–H and O–H groups in total. The van der Waals surface area contributed by atoms with Crippen molar-refractivity contribution in [3.05, 3.63) is 0 Å². The molecule has 1 amide bonds. The van der Waals surface area contributed by atoms with Crippen molar-refractivity contribution >= 4 is 11.9 Å². The van der Waals surface area contributed by atoms with Crippen molar-refractivity contribution in [2.75, 3.05) is 7.11 Å². The molecule has 82 valence electrons. The molecule has 14 heavy (non-hydrogen) atoms. The highest BCUT2D eigenvalue weighted by molar-refractivity contribution is 5.75. The topological polar surface area (TPSA) is 55.4 Å². The van der Waals surface area contributed by atoms with Gasteiger partial charge in [-0.15, -0.1) is 0 Å². The first-order chi connectivity index (χ1) is 6.60. The first-order valence-corrected chi connectivity index (χ1v) is 4.94. The number of carbonyl (C=O) groups is 2. The summed E-state index contributed by atoms with van der Waals surface area (Å²) in [4.78, 5) is 21.8. The summed E-state index contributed by atoms with van der Waals surface area (Å²) in [7, 11) is 1.35. The van der Waals surface area contributed by atoms with Crippen molar-refractivity contribution in [1.82, 2.24) is 5.32 Å². The molecule has 0 spiro atoms. The van der Waals surface area contributed by atoms with E-state index in [-0.39, 0.29) is 24.3 Å². The quantitative estimate of drug-likeness (QED) is 0.658. The number of hydrogen-bond donors (Lipinski definition) is 1. The van der Waals surface area contributed by atoms with Gasteiger partial charge in [-0.2, -0.15) is 0 Å². The molecule has 0 radical (unpaired) electrons. The van der Waals surface area contributed by atoms with Crippen LogP contribution in [0.3, 0.4) is 0 Å². The summed E-state index contributed by atoms with van der Waals surface area (Å²) in [5.74, 6) is -0.380. The Hall–Kier alpha value is -1.06. The molecule has 0 aliphatic rings. The Morgan fingerprint density at radius 3 is 2.50 bits per heavy atom. The van der Waals surface area contributed by atoms with Crippen molar-refractivity contribution in [3.63, 3.8) is 0 Å². The van der Waals surface area contributed by atoms with Crippen molar-refractivity contribution in [2.24, 2.45) is 0 Å². The standard InChI is InChI=1S/C10H19NO3/c1-4-5-6-9(11-8(2)12)7-10(13)14-3/h9H,4-7H2,1-3H3,(H,11,12)/t9-/m0/s1. The molecule has 0 fully saturated rings. The van der Waals surface area contributed by atoms with Gasteiger partial charge in [0.15, 0.2) is 0 Å². The van der Waals surface area contributed by atoms with E-state index in [0.29, 0.717) is 0 Å². The molecule has 0 unspecified atom stereocenters. The van der Waals surface area contributed by atoms with Gasteiger partial charge in [-0.25, -0.2) is 0 Å². The van der Waals surface area contributed by atoms with Crippen molar-refractivity contribution in [3.8, 4) is 0 Å². The number of rotatable bonds is 6. The van der Waals surface area contributed by atoms with Gasteiger partial charge in [0.2, 0.25) is 5.91 Å². The number of carbonyl (C=O) groups excluding carboxylic acids is 2. The zero-order valence-corrected chi connectivity index (χ0v) is 9.13. The molecule has 0 aromatic carbocycles. The van der Waals surface area contributed by atoms with Gasteiger partial charge in [-0.3, -0.25) is 9.59 Å². The monoisotopic (exact) mass is 201 g/mol. The fraction of sp³-hybridized carbons (Fsp3) is 0.800. The first-order valence-electron chi connectivity index (χ1n) is 4.94. The largest absolute Gasteiger partial charge is 0.469 e. The van der Waals surface area contributed by atoms with Crippen molar-refractivity contribution in [1.29, 1.82) is 0 Å². The lowest BCUT2D eigenvalue weighted by molar-refractivity contribution is -0.141. The molecule has 0 saturated carbocycles. The maximum Gasteiger partial charge on any atom is 0.307 e. The van der Waals surface area contributed by atoms with E-state index in [1.165, 1.54) is 14.0 Å². The van der Waals surface area contributed by atoms with Gasteiger partial charge in [0.05, 0.1) is 13.5 Å². The molecule has 0 heterocycles. The molecule has 0 aliphatic carbocycles. The smallest absolute Gasteiger partial charge is 0.307 e. The number of hydrogen-bond acceptors (Lipinski definition) is 3. The second-order valence-corrected chi connectivity index (χ2v) is 3.32. The van der Waals surface area contributed by atoms with Crippen LogP contribution in [0.2, 0.25) is 0 Å². The van der Waals surface area contributed by atoms with Crippen LogP contribution in [0.1, 0.15) is 39.5 Å². The predicted molar refractivity (Wildman–Crippen MR) is 53.8 cm³/mol. The third kappa shape index (κ3) is 6.46. The average Bonchev–Trinajstić information content (AvgIpc) is 2.13. The zero-order chi connectivity index (χ0) is 11.0. The summed E-state index contributed by atoms with van der Waals surface area (Å²) >= 11 is 0. The van der Waals surface area contributed by atoms with Crippen LogP contribution in [-0.4, -0.2) is 25.0 Å². The molecule has 0 aromatic heterocycles. The molecule has 0 bridgehead atoms. The van der Waals surface area contributed by atoms with E-state index >= 15 is 0 Å². The Morgan fingerprint density at radius 2 is 2.07 bits per heavy atom. The minimum atomic E-state index is -0.278. The van der Waals surface area contributed by atoms with E-state index in [1.54, 1.807) is 0 Å². The summed E-state index contributed by atoms with van der Waals surface area (Å²) in [6.45, 7) is 3.53. The van der Waals surface area contributed by atoms with Crippen molar-refractivity contribution < 1.29 is 14.3 Å². The lowest BCUT2D eigenvalue weighted by atomic mass is 10.1. The molecular weight excluding hydrogens is 182 g/mol. The zero-order valence-electron chi connectivity index (χ0n) is 9.13. The Morgan fingerprint density at radius 1 is 1.43 bits per heavy atom. The molecule has 1 atom stereocenters. The molecular formula is C10H19NO3. The Balaban J connectivity index is 3.96. The lowest BCUT2D eigenvalue weighted by Gasteiger charge is -2.15. The minimum absolute atomic E-state index is 0.0834. The molecule has 0 rings (SSSR count). The van der Waals surface area contributed by atoms with E-state index in [1.807, 2.05) is 0 Å². The van der Waals surface area contributed by atoms with Crippen LogP contribution in [0.4, 0.5) is 0 Å². The van der Waals surface area contributed by atoms with E-state index < -0.39 is 0 Å². The van der Waals surface area contributed by atoms with E-state index in [0.717, 1.165) is 19.3 Å². The van der Waals surface area contributed by atoms with E-state index in [4.69, 9.17) is 0 Å². The van der Waals surface area contributed by atoms with Gasteiger partial charge in [0.25, 0.3) is 0 Å². The third-order valence-corrected chi connectivity index (χ3v) is 1.95. The summed E-state index contributed by atoms with van der Waals surface area (Å²) in [6.07, 6.45) is 3.14. The summed E-state index contributed by atoms with van der Waals surface area (Å²) in [5.41, 5.74) is 0. The summed E-state index contributed by atoms with van der Waals surface area (Å²) < 4.78 is 4.55. The second-order valence-electron chi connectivity index (χ2n) is 3.32. The number of amides is 1. The van der Waals surface area contributed by atoms with E-state index in [2.05, 4.69) is 17.0 Å². The highest BCUT2D eigenvalue weighted by Crippen LogP contribution is 2.05. The highest BCUT2D eigenvalue weighted by Gasteiger charge is 2.14. The minimum Gasteiger partial charge on any atom is -0.469 e. The second kappa shape index (κ2) is 7.35. The van der Waals surface area contributed by atoms with Crippen LogP contribution in [0.25, 0.3) is 0 Å². The fourth-order valence-electron chi connectivity index (χ4n) is 1.25. The molecule has 4 heteroatoms. The number of unbranched alkanes of at least 4 members (excludes halogenated alkanes) is 1. The van der Waals surface area contributed by atoms with Crippen LogP contribution in [0.15, 0.2) is 0 Å². The van der Waals surface area contributed by atoms with Gasteiger partial charge >= 0.3 is 5.97 Å². The Bertz CT molecular complexity index is 192. The van der Waals surface area contributed by atoms with Crippen LogP contribution in [0, 0.1) is 0 Å². The fourth-order valence-corrected chi connectivity index (χ4v) is 1.25. The Kier molecular flexibility index (Phi) is 6.80. The van der Waals surface area contributed by atoms with Crippen LogP contribution in [-0.2, 0) is 14.3 Å². The first kappa shape index (κ1) is 12.9. The van der Waals surface area contributed by atoms with Crippen LogP contribution < -0.4 is 5.32 Å². The maximum absolute atomic E-state index is 11.0. The highest BCUT2D eigenvalue weighted by atomic mass is 16.5. The molecule has 0 saturated heterocycles. The number of ether oxygens (including phenoxy) is 1. The van der Waals surface area contributed by atoms with Crippen LogP contribution >= 0.6 is 0 Å². The Labute approximate surface area is 85.0 Å². The average molecular weight is 201 g/mol. The van der Waals surface area contributed by atoms with Crippen LogP contribution in [0.5, 0.6) is 0 Å². The van der Waals surface area contributed by atoms with Gasteiger partial charge in [0, 0.05) is 13.0 Å². The molecule has 4 nitrogen and oxygen atoms in total. The molecule has 0 aromatic rings. The normalized spacial score (nSPS) is 11.9. The van der Waals surface area contributed by atoms with E-state index in [9.17, 15) is 9.59 Å². The predicted octanol–water partition coefficient (Wildman–Crippen LogP) is 1.24. The summed E-state index contributed by atoms with van der Waals surface area (Å²) in [5, 5.41) is 2.74. The SMILES string of the molecule is CCCC[C@@H](CC(=O)OC)NC(C)=O. The van der Waals surface area contributed by atoms with Gasteiger partial charge in [-0.05, 0) is 6.42 Å². The molecule has 0 aliphatic heterocycles. The number of esters is 1. The third-order valence-electron chi connectivity index (χ3n) is 1.95. The van der Waals surface area contributed by atoms with Crippen molar-refractivity contribution in [2.45, 2.75) is 45.6 Å². The van der Waals surface area contributed by atoms with Gasteiger partial charge in [-0.1, -0.05) is 19.8 Å². The summed E-state index contributed by atoms with van der Waals surface area (Å²) in [6, 6.07) is -0.0834. The van der Waals surface area contributed by atoms with Gasteiger partial charge in [0.1, 0.15) is 0 Å².